The highest BCUT2D eigenvalue weighted by Gasteiger charge is 2.27. The number of carbonyl (C=O) groups is 1. The van der Waals surface area contributed by atoms with Crippen molar-refractivity contribution in [1.82, 2.24) is 9.88 Å². The molecule has 6 nitrogen and oxygen atoms in total. The minimum absolute atomic E-state index is 0.0116. The number of methoxy groups -OCH3 is 1. The molecule has 0 spiro atoms. The van der Waals surface area contributed by atoms with Crippen molar-refractivity contribution in [2.45, 2.75) is 19.6 Å². The van der Waals surface area contributed by atoms with Gasteiger partial charge >= 0.3 is 0 Å². The monoisotopic (exact) mass is 370 g/mol. The van der Waals surface area contributed by atoms with E-state index in [1.807, 2.05) is 30.3 Å². The third-order valence-corrected chi connectivity index (χ3v) is 5.20. The van der Waals surface area contributed by atoms with Gasteiger partial charge in [-0.2, -0.15) is 0 Å². The molecule has 7 heteroatoms. The van der Waals surface area contributed by atoms with E-state index < -0.39 is 0 Å². The van der Waals surface area contributed by atoms with Crippen LogP contribution in [0.2, 0.25) is 0 Å². The van der Waals surface area contributed by atoms with Crippen molar-refractivity contribution in [3.05, 3.63) is 64.7 Å². The first-order valence-corrected chi connectivity index (χ1v) is 9.13. The number of aromatic nitrogens is 1. The Bertz CT molecular complexity index is 903. The van der Waals surface area contributed by atoms with Crippen molar-refractivity contribution in [1.29, 1.82) is 0 Å². The van der Waals surface area contributed by atoms with Gasteiger partial charge < -0.3 is 18.8 Å². The van der Waals surface area contributed by atoms with Crippen LogP contribution in [0.4, 0.5) is 0 Å². The largest absolute Gasteiger partial charge is 0.487 e. The number of ether oxygens (including phenoxy) is 2. The van der Waals surface area contributed by atoms with Crippen LogP contribution in [0.3, 0.4) is 0 Å². The molecule has 0 aliphatic carbocycles. The molecule has 1 aromatic carbocycles. The van der Waals surface area contributed by atoms with E-state index in [4.69, 9.17) is 13.9 Å². The summed E-state index contributed by atoms with van der Waals surface area (Å²) in [5.41, 5.74) is 0.907. The molecular weight excluding hydrogens is 352 g/mol. The van der Waals surface area contributed by atoms with E-state index >= 15 is 0 Å². The van der Waals surface area contributed by atoms with Crippen molar-refractivity contribution in [3.8, 4) is 10.8 Å². The van der Waals surface area contributed by atoms with Gasteiger partial charge in [-0.05, 0) is 24.3 Å². The fourth-order valence-corrected chi connectivity index (χ4v) is 3.64. The predicted molar refractivity (Wildman–Crippen MR) is 96.6 cm³/mol. The Morgan fingerprint density at radius 2 is 2.12 bits per heavy atom. The number of carbonyl (C=O) groups excluding carboxylic acids is 1. The summed E-state index contributed by atoms with van der Waals surface area (Å²) in [6.07, 6.45) is 0.679. The smallest absolute Gasteiger partial charge is 0.264 e. The summed E-state index contributed by atoms with van der Waals surface area (Å²) >= 11 is 1.35. The molecule has 0 saturated carbocycles. The van der Waals surface area contributed by atoms with Gasteiger partial charge in [0.1, 0.15) is 11.5 Å². The minimum atomic E-state index is -0.0116. The number of para-hydroxylation sites is 1. The van der Waals surface area contributed by atoms with Crippen molar-refractivity contribution < 1.29 is 18.7 Å². The molecule has 1 amide bonds. The van der Waals surface area contributed by atoms with E-state index in [2.05, 4.69) is 4.98 Å². The van der Waals surface area contributed by atoms with E-state index in [-0.39, 0.29) is 12.5 Å². The number of nitrogens with zero attached hydrogens (tertiary/aromatic N) is 2. The average molecular weight is 370 g/mol. The zero-order valence-electron chi connectivity index (χ0n) is 14.3. The zero-order valence-corrected chi connectivity index (χ0v) is 15.1. The molecule has 3 aromatic rings. The molecule has 0 atom stereocenters. The molecule has 0 unspecified atom stereocenters. The quantitative estimate of drug-likeness (QED) is 0.687. The molecule has 1 aliphatic rings. The first-order valence-electron chi connectivity index (χ1n) is 8.31. The van der Waals surface area contributed by atoms with Gasteiger partial charge in [0.2, 0.25) is 5.89 Å². The van der Waals surface area contributed by atoms with Gasteiger partial charge in [0.15, 0.2) is 11.7 Å². The highest BCUT2D eigenvalue weighted by Crippen LogP contribution is 2.27. The Hall–Kier alpha value is -2.80. The van der Waals surface area contributed by atoms with Gasteiger partial charge in [-0.1, -0.05) is 29.5 Å². The van der Waals surface area contributed by atoms with E-state index in [0.29, 0.717) is 30.3 Å². The number of thiophene rings is 1. The van der Waals surface area contributed by atoms with Gasteiger partial charge in [-0.3, -0.25) is 4.79 Å². The lowest BCUT2D eigenvalue weighted by atomic mass is 10.1. The van der Waals surface area contributed by atoms with Crippen LogP contribution >= 0.6 is 11.3 Å². The standard InChI is InChI=1S/C19H18N2O4S/c1-23-18-8-7-16(26-18)19(22)21-10-9-14-15(11-21)25-17(20-14)12-24-13-5-3-2-4-6-13/h2-8H,9-12H2,1H3. The predicted octanol–water partition coefficient (Wildman–Crippen LogP) is 3.52. The van der Waals surface area contributed by atoms with Crippen LogP contribution < -0.4 is 9.47 Å². The summed E-state index contributed by atoms with van der Waals surface area (Å²) < 4.78 is 16.7. The molecule has 0 bridgehead atoms. The molecule has 0 radical (unpaired) electrons. The molecule has 0 fully saturated rings. The molecule has 3 heterocycles. The molecule has 26 heavy (non-hydrogen) atoms. The molecular formula is C19H18N2O4S. The maximum Gasteiger partial charge on any atom is 0.264 e. The first kappa shape index (κ1) is 16.7. The summed E-state index contributed by atoms with van der Waals surface area (Å²) in [6.45, 7) is 1.32. The fraction of sp³-hybridized carbons (Fsp3) is 0.263. The van der Waals surface area contributed by atoms with Crippen LogP contribution in [0.15, 0.2) is 46.9 Å². The maximum absolute atomic E-state index is 12.7. The normalized spacial score (nSPS) is 13.3. The summed E-state index contributed by atoms with van der Waals surface area (Å²) in [5, 5.41) is 0.728. The number of benzene rings is 1. The zero-order chi connectivity index (χ0) is 17.9. The Kier molecular flexibility index (Phi) is 4.62. The number of oxazole rings is 1. The fourth-order valence-electron chi connectivity index (χ4n) is 2.85. The lowest BCUT2D eigenvalue weighted by molar-refractivity contribution is 0.0723. The average Bonchev–Trinajstić information content (AvgIpc) is 3.32. The van der Waals surface area contributed by atoms with Crippen LogP contribution in [0.25, 0.3) is 0 Å². The van der Waals surface area contributed by atoms with Crippen LogP contribution in [-0.2, 0) is 19.6 Å². The second-order valence-corrected chi connectivity index (χ2v) is 6.93. The van der Waals surface area contributed by atoms with E-state index in [1.54, 1.807) is 24.1 Å². The van der Waals surface area contributed by atoms with Crippen LogP contribution in [0, 0.1) is 0 Å². The SMILES string of the molecule is COc1ccc(C(=O)N2CCc3nc(COc4ccccc4)oc3C2)s1. The number of amides is 1. The third kappa shape index (κ3) is 3.43. The molecule has 4 rings (SSSR count). The Morgan fingerprint density at radius 1 is 1.27 bits per heavy atom. The Labute approximate surface area is 155 Å². The Balaban J connectivity index is 1.42. The number of hydrogen-bond donors (Lipinski definition) is 0. The lowest BCUT2D eigenvalue weighted by Crippen LogP contribution is -2.35. The lowest BCUT2D eigenvalue weighted by Gasteiger charge is -2.24. The van der Waals surface area contributed by atoms with Crippen LogP contribution in [0.5, 0.6) is 10.8 Å². The Morgan fingerprint density at radius 3 is 2.88 bits per heavy atom. The van der Waals surface area contributed by atoms with Crippen LogP contribution in [-0.4, -0.2) is 29.4 Å². The minimum Gasteiger partial charge on any atom is -0.487 e. The highest BCUT2D eigenvalue weighted by atomic mass is 32.1. The molecule has 0 N–H and O–H groups in total. The highest BCUT2D eigenvalue weighted by molar-refractivity contribution is 7.15. The summed E-state index contributed by atoms with van der Waals surface area (Å²) in [7, 11) is 1.60. The maximum atomic E-state index is 12.7. The van der Waals surface area contributed by atoms with E-state index in [9.17, 15) is 4.79 Å². The molecule has 1 aliphatic heterocycles. The van der Waals surface area contributed by atoms with Gasteiger partial charge in [0, 0.05) is 13.0 Å². The molecule has 0 saturated heterocycles. The van der Waals surface area contributed by atoms with E-state index in [0.717, 1.165) is 22.3 Å². The van der Waals surface area contributed by atoms with Gasteiger partial charge in [-0.25, -0.2) is 4.98 Å². The first-order chi connectivity index (χ1) is 12.7. The van der Waals surface area contributed by atoms with Crippen molar-refractivity contribution in [2.24, 2.45) is 0 Å². The van der Waals surface area contributed by atoms with Crippen molar-refractivity contribution >= 4 is 17.2 Å². The van der Waals surface area contributed by atoms with Crippen LogP contribution in [0.1, 0.15) is 27.0 Å². The van der Waals surface area contributed by atoms with E-state index in [1.165, 1.54) is 11.3 Å². The van der Waals surface area contributed by atoms with Crippen molar-refractivity contribution in [3.63, 3.8) is 0 Å². The van der Waals surface area contributed by atoms with Gasteiger partial charge in [0.05, 0.1) is 24.2 Å². The topological polar surface area (TPSA) is 64.8 Å². The van der Waals surface area contributed by atoms with Gasteiger partial charge in [-0.15, -0.1) is 0 Å². The van der Waals surface area contributed by atoms with Gasteiger partial charge in [0.25, 0.3) is 5.91 Å². The van der Waals surface area contributed by atoms with Crippen molar-refractivity contribution in [2.75, 3.05) is 13.7 Å². The summed E-state index contributed by atoms with van der Waals surface area (Å²) in [4.78, 5) is 19.6. The second-order valence-electron chi connectivity index (χ2n) is 5.88. The summed E-state index contributed by atoms with van der Waals surface area (Å²) in [6, 6.07) is 13.1. The molecule has 134 valence electrons. The second kappa shape index (κ2) is 7.21. The number of rotatable bonds is 5. The molecule has 2 aromatic heterocycles. The number of hydrogen-bond acceptors (Lipinski definition) is 6. The number of fused-ring (bicyclic) bond motifs is 1. The third-order valence-electron chi connectivity index (χ3n) is 4.16. The summed E-state index contributed by atoms with van der Waals surface area (Å²) in [5.74, 6) is 2.03.